The normalized spacial score (nSPS) is 48.0. The topological polar surface area (TPSA) is 69.9 Å². The molecule has 0 aliphatic carbocycles. The van der Waals surface area contributed by atoms with Crippen LogP contribution < -0.4 is 0 Å². The van der Waals surface area contributed by atoms with Crippen molar-refractivity contribution in [2.75, 3.05) is 6.61 Å². The Morgan fingerprint density at radius 2 is 1.90 bits per heavy atom. The van der Waals surface area contributed by atoms with E-state index in [1.165, 1.54) is 0 Å². The lowest BCUT2D eigenvalue weighted by atomic mass is 10.2. The summed E-state index contributed by atoms with van der Waals surface area (Å²) in [4.78, 5) is 0. The summed E-state index contributed by atoms with van der Waals surface area (Å²) in [5.41, 5.74) is -0.688. The van der Waals surface area contributed by atoms with E-state index in [-0.39, 0.29) is 6.61 Å². The monoisotopic (exact) mass is 166 g/mol. The molecule has 0 amide bonds. The van der Waals surface area contributed by atoms with Crippen molar-refractivity contribution in [3.05, 3.63) is 0 Å². The number of hydrogen-bond donors (Lipinski definition) is 4. The molecule has 5 heteroatoms. The molecule has 0 radical (unpaired) electrons. The van der Waals surface area contributed by atoms with Gasteiger partial charge in [0.1, 0.15) is 23.7 Å². The van der Waals surface area contributed by atoms with Crippen LogP contribution in [0, 0.1) is 0 Å². The molecule has 0 aromatic rings. The van der Waals surface area contributed by atoms with Crippen molar-refractivity contribution < 1.29 is 20.1 Å². The predicted octanol–water partition coefficient (Wildman–Crippen LogP) is -1.64. The van der Waals surface area contributed by atoms with Crippen molar-refractivity contribution in [2.45, 2.75) is 23.7 Å². The largest absolute Gasteiger partial charge is 0.394 e. The molecule has 0 aromatic carbocycles. The van der Waals surface area contributed by atoms with E-state index in [9.17, 15) is 0 Å². The quantitative estimate of drug-likeness (QED) is 0.352. The van der Waals surface area contributed by atoms with Crippen LogP contribution in [0.15, 0.2) is 0 Å². The Hall–Kier alpha value is 0.190. The average Bonchev–Trinajstić information content (AvgIpc) is 2.17. The van der Waals surface area contributed by atoms with E-state index in [4.69, 9.17) is 20.1 Å². The van der Waals surface area contributed by atoms with Gasteiger partial charge in [-0.2, -0.15) is 0 Å². The van der Waals surface area contributed by atoms with Gasteiger partial charge in [-0.3, -0.25) is 0 Å². The molecule has 0 bridgehead atoms. The van der Waals surface area contributed by atoms with Crippen molar-refractivity contribution in [1.29, 1.82) is 0 Å². The highest BCUT2D eigenvalue weighted by Crippen LogP contribution is 2.22. The second kappa shape index (κ2) is 3.06. The molecular weight excluding hydrogens is 156 g/mol. The molecule has 1 aliphatic heterocycles. The first kappa shape index (κ1) is 8.29. The molecule has 1 fully saturated rings. The Morgan fingerprint density at radius 1 is 1.30 bits per heavy atom. The fourth-order valence-electron chi connectivity index (χ4n) is 0.880. The van der Waals surface area contributed by atoms with Crippen LogP contribution in [0.5, 0.6) is 0 Å². The predicted molar refractivity (Wildman–Crippen MR) is 36.7 cm³/mol. The van der Waals surface area contributed by atoms with E-state index in [1.807, 2.05) is 0 Å². The minimum absolute atomic E-state index is 0.296. The maximum Gasteiger partial charge on any atom is 0.129 e. The molecule has 0 unspecified atom stereocenters. The number of thiol groups is 1. The molecule has 4 nitrogen and oxygen atoms in total. The molecule has 1 rings (SSSR count). The zero-order valence-electron chi connectivity index (χ0n) is 5.21. The summed E-state index contributed by atoms with van der Waals surface area (Å²) < 4.78 is 4.85. The van der Waals surface area contributed by atoms with Gasteiger partial charge in [0.25, 0.3) is 0 Å². The second-order valence-electron chi connectivity index (χ2n) is 2.23. The summed E-state index contributed by atoms with van der Waals surface area (Å²) in [5, 5.41) is 26.6. The summed E-state index contributed by atoms with van der Waals surface area (Å²) in [6, 6.07) is 0. The van der Waals surface area contributed by atoms with E-state index in [1.54, 1.807) is 0 Å². The molecule has 60 valence electrons. The van der Waals surface area contributed by atoms with Crippen LogP contribution in [0.3, 0.4) is 0 Å². The molecule has 1 heterocycles. The Morgan fingerprint density at radius 3 is 2.10 bits per heavy atom. The molecule has 0 saturated carbocycles. The van der Waals surface area contributed by atoms with Crippen molar-refractivity contribution in [1.82, 2.24) is 0 Å². The summed E-state index contributed by atoms with van der Waals surface area (Å²) in [7, 11) is 0. The van der Waals surface area contributed by atoms with E-state index in [2.05, 4.69) is 12.6 Å². The third kappa shape index (κ3) is 1.28. The lowest BCUT2D eigenvalue weighted by molar-refractivity contribution is -0.00794. The van der Waals surface area contributed by atoms with E-state index in [0.29, 0.717) is 0 Å². The smallest absolute Gasteiger partial charge is 0.129 e. The minimum Gasteiger partial charge on any atom is -0.394 e. The summed E-state index contributed by atoms with van der Waals surface area (Å²) in [6.07, 6.45) is -2.72. The van der Waals surface area contributed by atoms with Gasteiger partial charge in [0.15, 0.2) is 0 Å². The van der Waals surface area contributed by atoms with Gasteiger partial charge in [-0.05, 0) is 0 Å². The number of hydrogen-bond acceptors (Lipinski definition) is 5. The summed E-state index contributed by atoms with van der Waals surface area (Å²) in [6.45, 7) is -0.296. The van der Waals surface area contributed by atoms with Crippen LogP contribution in [0.4, 0.5) is 0 Å². The van der Waals surface area contributed by atoms with Crippen LogP contribution in [0.25, 0.3) is 0 Å². The van der Waals surface area contributed by atoms with Gasteiger partial charge in [-0.25, -0.2) is 0 Å². The Balaban J connectivity index is 2.53. The summed E-state index contributed by atoms with van der Waals surface area (Å²) in [5.74, 6) is 0. The van der Waals surface area contributed by atoms with Crippen molar-refractivity contribution in [2.24, 2.45) is 0 Å². The van der Waals surface area contributed by atoms with Gasteiger partial charge in [0, 0.05) is 0 Å². The average molecular weight is 166 g/mol. The zero-order valence-corrected chi connectivity index (χ0v) is 6.11. The second-order valence-corrected chi connectivity index (χ2v) is 2.74. The van der Waals surface area contributed by atoms with Crippen molar-refractivity contribution in [3.63, 3.8) is 0 Å². The van der Waals surface area contributed by atoms with Crippen molar-refractivity contribution in [3.8, 4) is 0 Å². The molecule has 10 heavy (non-hydrogen) atoms. The molecular formula is C5H10O4S. The van der Waals surface area contributed by atoms with Crippen LogP contribution in [0.1, 0.15) is 0 Å². The molecule has 1 saturated heterocycles. The lowest BCUT2D eigenvalue weighted by Gasteiger charge is -2.09. The Kier molecular flexibility index (Phi) is 2.54. The Labute approximate surface area is 63.8 Å². The van der Waals surface area contributed by atoms with Crippen LogP contribution in [0.2, 0.25) is 0 Å². The van der Waals surface area contributed by atoms with Gasteiger partial charge in [0.05, 0.1) is 6.61 Å². The first-order valence-electron chi connectivity index (χ1n) is 2.97. The van der Waals surface area contributed by atoms with Gasteiger partial charge >= 0.3 is 0 Å². The standard InChI is InChI=1S/C5H10O4S/c6-1-2-3(7)4(8)5(10)9-2/h2-8,10H,1H2/t2-,3-,4+,5+/m1/s1. The Bertz CT molecular complexity index is 120. The SMILES string of the molecule is OC[C@H]1O[C@@H](S)[C@@H](O)[C@@H]1O. The van der Waals surface area contributed by atoms with Crippen LogP contribution in [-0.4, -0.2) is 45.7 Å². The maximum absolute atomic E-state index is 9.04. The molecule has 3 N–H and O–H groups in total. The summed E-state index contributed by atoms with van der Waals surface area (Å²) >= 11 is 3.82. The van der Waals surface area contributed by atoms with Gasteiger partial charge in [-0.1, -0.05) is 0 Å². The van der Waals surface area contributed by atoms with Gasteiger partial charge in [-0.15, -0.1) is 12.6 Å². The zero-order chi connectivity index (χ0) is 7.72. The highest BCUT2D eigenvalue weighted by Gasteiger charge is 2.40. The lowest BCUT2D eigenvalue weighted by Crippen LogP contribution is -2.32. The number of aliphatic hydroxyl groups is 3. The first-order valence-corrected chi connectivity index (χ1v) is 3.49. The third-order valence-corrected chi connectivity index (χ3v) is 1.94. The fourth-order valence-corrected chi connectivity index (χ4v) is 1.21. The van der Waals surface area contributed by atoms with Crippen LogP contribution in [-0.2, 0) is 4.74 Å². The third-order valence-electron chi connectivity index (χ3n) is 1.52. The van der Waals surface area contributed by atoms with Gasteiger partial charge in [0.2, 0.25) is 0 Å². The van der Waals surface area contributed by atoms with E-state index < -0.39 is 23.7 Å². The first-order chi connectivity index (χ1) is 4.66. The number of aliphatic hydroxyl groups excluding tert-OH is 3. The molecule has 4 atom stereocenters. The maximum atomic E-state index is 9.04. The van der Waals surface area contributed by atoms with E-state index >= 15 is 0 Å². The number of ether oxygens (including phenoxy) is 1. The van der Waals surface area contributed by atoms with Crippen LogP contribution >= 0.6 is 12.6 Å². The van der Waals surface area contributed by atoms with Gasteiger partial charge < -0.3 is 20.1 Å². The highest BCUT2D eigenvalue weighted by molar-refractivity contribution is 7.80. The molecule has 0 spiro atoms. The van der Waals surface area contributed by atoms with E-state index in [0.717, 1.165) is 0 Å². The highest BCUT2D eigenvalue weighted by atomic mass is 32.1. The molecule has 0 aromatic heterocycles. The fraction of sp³-hybridized carbons (Fsp3) is 1.00. The minimum atomic E-state index is -1.02. The number of rotatable bonds is 1. The van der Waals surface area contributed by atoms with Crippen molar-refractivity contribution >= 4 is 12.6 Å². The molecule has 1 aliphatic rings.